The summed E-state index contributed by atoms with van der Waals surface area (Å²) in [4.78, 5) is 21.6. The summed E-state index contributed by atoms with van der Waals surface area (Å²) in [6.07, 6.45) is 5.10. The maximum Gasteiger partial charge on any atom is 0.242 e. The number of thiazole rings is 1. The number of carbonyl (C=O) groups is 1. The smallest absolute Gasteiger partial charge is 0.242 e. The highest BCUT2D eigenvalue weighted by molar-refractivity contribution is 7.09. The lowest BCUT2D eigenvalue weighted by molar-refractivity contribution is -0.140. The summed E-state index contributed by atoms with van der Waals surface area (Å²) in [6.45, 7) is 6.34. The number of nitrogens with two attached hydrogens (primary N) is 1. The van der Waals surface area contributed by atoms with Gasteiger partial charge in [0.1, 0.15) is 0 Å². The molecule has 1 saturated heterocycles. The van der Waals surface area contributed by atoms with E-state index in [1.54, 1.807) is 11.3 Å². The van der Waals surface area contributed by atoms with Crippen LogP contribution in [-0.4, -0.2) is 52.4 Å². The van der Waals surface area contributed by atoms with Crippen LogP contribution in [0.15, 0.2) is 5.38 Å². The van der Waals surface area contributed by atoms with E-state index in [9.17, 15) is 4.79 Å². The first-order chi connectivity index (χ1) is 10.6. The Morgan fingerprint density at radius 3 is 2.28 bits per heavy atom. The highest BCUT2D eigenvalue weighted by Gasteiger charge is 2.39. The van der Waals surface area contributed by atoms with Crippen molar-refractivity contribution in [1.82, 2.24) is 14.8 Å². The molecule has 2 N–H and O–H groups in total. The van der Waals surface area contributed by atoms with Crippen LogP contribution in [0.3, 0.4) is 0 Å². The third-order valence-electron chi connectivity index (χ3n) is 4.88. The Hall–Kier alpha value is -0.110. The number of aromatic nitrogens is 1. The van der Waals surface area contributed by atoms with E-state index in [2.05, 4.69) is 15.3 Å². The zero-order chi connectivity index (χ0) is 15.6. The first kappa shape index (κ1) is 24.9. The number of hydrogen-bond acceptors (Lipinski definition) is 5. The molecule has 1 saturated carbocycles. The van der Waals surface area contributed by atoms with E-state index in [4.69, 9.17) is 5.73 Å². The lowest BCUT2D eigenvalue weighted by atomic mass is 9.81. The van der Waals surface area contributed by atoms with Crippen molar-refractivity contribution in [2.45, 2.75) is 51.1 Å². The van der Waals surface area contributed by atoms with Gasteiger partial charge in [0.05, 0.1) is 16.2 Å². The van der Waals surface area contributed by atoms with E-state index in [1.165, 1.54) is 6.42 Å². The Bertz CT molecular complexity index is 529. The van der Waals surface area contributed by atoms with Crippen LogP contribution in [0.5, 0.6) is 0 Å². The minimum absolute atomic E-state index is 0. The van der Waals surface area contributed by atoms with Crippen molar-refractivity contribution in [2.24, 2.45) is 5.73 Å². The zero-order valence-corrected chi connectivity index (χ0v) is 17.9. The molecule has 1 amide bonds. The molecule has 1 aliphatic carbocycles. The van der Waals surface area contributed by atoms with Crippen molar-refractivity contribution < 1.29 is 4.79 Å². The van der Waals surface area contributed by atoms with Crippen LogP contribution in [0, 0.1) is 6.92 Å². The van der Waals surface area contributed by atoms with E-state index in [0.717, 1.165) is 69.1 Å². The summed E-state index contributed by atoms with van der Waals surface area (Å²) in [5, 5.41) is 3.25. The monoisotopic (exact) mass is 430 g/mol. The van der Waals surface area contributed by atoms with E-state index in [0.29, 0.717) is 0 Å². The Morgan fingerprint density at radius 2 is 1.76 bits per heavy atom. The van der Waals surface area contributed by atoms with Gasteiger partial charge in [-0.1, -0.05) is 19.3 Å². The van der Waals surface area contributed by atoms with Crippen LogP contribution in [0.4, 0.5) is 0 Å². The molecule has 0 bridgehead atoms. The number of carbonyl (C=O) groups excluding carboxylic acids is 1. The summed E-state index contributed by atoms with van der Waals surface area (Å²) in [6, 6.07) is 0. The van der Waals surface area contributed by atoms with Gasteiger partial charge in [0.2, 0.25) is 5.91 Å². The van der Waals surface area contributed by atoms with Gasteiger partial charge in [0.15, 0.2) is 0 Å². The number of piperazine rings is 1. The fourth-order valence-electron chi connectivity index (χ4n) is 3.53. The molecule has 146 valence electrons. The Kier molecular flexibility index (Phi) is 10.9. The van der Waals surface area contributed by atoms with E-state index in [1.807, 2.05) is 11.8 Å². The van der Waals surface area contributed by atoms with Crippen LogP contribution in [0.2, 0.25) is 0 Å². The first-order valence-corrected chi connectivity index (χ1v) is 9.16. The fourth-order valence-corrected chi connectivity index (χ4v) is 4.13. The quantitative estimate of drug-likeness (QED) is 0.799. The van der Waals surface area contributed by atoms with Gasteiger partial charge in [0, 0.05) is 38.1 Å². The molecule has 5 nitrogen and oxygen atoms in total. The molecule has 2 fully saturated rings. The third-order valence-corrected chi connectivity index (χ3v) is 5.71. The summed E-state index contributed by atoms with van der Waals surface area (Å²) in [7, 11) is 0. The molecule has 0 aromatic carbocycles. The molecule has 1 aromatic heterocycles. The second-order valence-electron chi connectivity index (χ2n) is 6.64. The van der Waals surface area contributed by atoms with Gasteiger partial charge in [-0.15, -0.1) is 48.6 Å². The molecule has 0 spiro atoms. The van der Waals surface area contributed by atoms with Crippen molar-refractivity contribution in [3.8, 4) is 0 Å². The second-order valence-corrected chi connectivity index (χ2v) is 7.71. The molecule has 0 unspecified atom stereocenters. The van der Waals surface area contributed by atoms with Gasteiger partial charge in [0.25, 0.3) is 0 Å². The lowest BCUT2D eigenvalue weighted by Gasteiger charge is -2.40. The topological polar surface area (TPSA) is 62.5 Å². The van der Waals surface area contributed by atoms with Gasteiger partial charge in [-0.3, -0.25) is 9.69 Å². The number of halogens is 3. The molecule has 3 rings (SSSR count). The average molecular weight is 432 g/mol. The molecule has 2 heterocycles. The van der Waals surface area contributed by atoms with E-state index in [-0.39, 0.29) is 43.1 Å². The summed E-state index contributed by atoms with van der Waals surface area (Å²) in [5.74, 6) is 0.177. The van der Waals surface area contributed by atoms with Crippen molar-refractivity contribution in [3.63, 3.8) is 0 Å². The normalized spacial score (nSPS) is 20.0. The van der Waals surface area contributed by atoms with Crippen LogP contribution in [0.25, 0.3) is 0 Å². The SMILES string of the molecule is Cc1nc(CN2CCN(C(=O)C3(N)CCCCC3)CC2)cs1.Cl.Cl.Cl. The van der Waals surface area contributed by atoms with Gasteiger partial charge in [-0.25, -0.2) is 4.98 Å². The predicted octanol–water partition coefficient (Wildman–Crippen LogP) is 3.02. The summed E-state index contributed by atoms with van der Waals surface area (Å²) in [5.41, 5.74) is 6.93. The lowest BCUT2D eigenvalue weighted by Crippen LogP contribution is -2.60. The minimum Gasteiger partial charge on any atom is -0.339 e. The van der Waals surface area contributed by atoms with Gasteiger partial charge < -0.3 is 10.6 Å². The molecule has 2 aliphatic rings. The molecule has 1 aromatic rings. The van der Waals surface area contributed by atoms with Crippen molar-refractivity contribution in [1.29, 1.82) is 0 Å². The second kappa shape index (κ2) is 10.9. The van der Waals surface area contributed by atoms with Crippen LogP contribution in [0.1, 0.15) is 42.8 Å². The summed E-state index contributed by atoms with van der Waals surface area (Å²) >= 11 is 1.70. The van der Waals surface area contributed by atoms with Crippen LogP contribution < -0.4 is 5.73 Å². The Labute approximate surface area is 173 Å². The number of rotatable bonds is 3. The number of nitrogens with zero attached hydrogens (tertiary/aromatic N) is 3. The minimum atomic E-state index is -0.591. The maximum atomic E-state index is 12.7. The van der Waals surface area contributed by atoms with Crippen molar-refractivity contribution in [2.75, 3.05) is 26.2 Å². The zero-order valence-electron chi connectivity index (χ0n) is 14.6. The molecule has 25 heavy (non-hydrogen) atoms. The van der Waals surface area contributed by atoms with Crippen LogP contribution >= 0.6 is 48.6 Å². The van der Waals surface area contributed by atoms with E-state index >= 15 is 0 Å². The Balaban J connectivity index is 0.00000192. The largest absolute Gasteiger partial charge is 0.339 e. The molecule has 0 radical (unpaired) electrons. The van der Waals surface area contributed by atoms with Crippen LogP contribution in [-0.2, 0) is 11.3 Å². The number of aryl methyl sites for hydroxylation is 1. The van der Waals surface area contributed by atoms with E-state index < -0.39 is 5.54 Å². The number of hydrogen-bond donors (Lipinski definition) is 1. The molecule has 1 aliphatic heterocycles. The Morgan fingerprint density at radius 1 is 1.16 bits per heavy atom. The summed E-state index contributed by atoms with van der Waals surface area (Å²) < 4.78 is 0. The molecular weight excluding hydrogens is 403 g/mol. The highest BCUT2D eigenvalue weighted by atomic mass is 35.5. The first-order valence-electron chi connectivity index (χ1n) is 8.28. The van der Waals surface area contributed by atoms with Gasteiger partial charge >= 0.3 is 0 Å². The van der Waals surface area contributed by atoms with Crippen molar-refractivity contribution in [3.05, 3.63) is 16.1 Å². The predicted molar refractivity (Wildman–Crippen MR) is 110 cm³/mol. The highest BCUT2D eigenvalue weighted by Crippen LogP contribution is 2.28. The number of amides is 1. The van der Waals surface area contributed by atoms with Crippen molar-refractivity contribution >= 4 is 54.5 Å². The maximum absolute atomic E-state index is 12.7. The average Bonchev–Trinajstić information content (AvgIpc) is 2.93. The molecule has 0 atom stereocenters. The van der Waals surface area contributed by atoms with Gasteiger partial charge in [-0.05, 0) is 19.8 Å². The van der Waals surface area contributed by atoms with Gasteiger partial charge in [-0.2, -0.15) is 0 Å². The standard InChI is InChI=1S/C16H26N4OS.3ClH/c1-13-18-14(12-22-13)11-19-7-9-20(10-8-19)15(21)16(17)5-3-2-4-6-16;;;/h12H,2-11,17H2,1H3;3*1H. The fraction of sp³-hybridized carbons (Fsp3) is 0.750. The third kappa shape index (κ3) is 6.22. The molecule has 9 heteroatoms. The molecular formula is C16H29Cl3N4OS.